The molecular formula is C31H32ClFN8O3. The number of aromatic nitrogens is 5. The Morgan fingerprint density at radius 1 is 1.05 bits per heavy atom. The van der Waals surface area contributed by atoms with Crippen LogP contribution in [0.15, 0.2) is 35.1 Å². The van der Waals surface area contributed by atoms with Gasteiger partial charge >= 0.3 is 11.8 Å². The Hall–Kier alpha value is -4.63. The second kappa shape index (κ2) is 11.8. The minimum Gasteiger partial charge on any atom is -0.465 e. The molecule has 228 valence electrons. The van der Waals surface area contributed by atoms with E-state index < -0.39 is 23.6 Å². The first-order valence-electron chi connectivity index (χ1n) is 14.3. The number of hydrogen-bond donors (Lipinski definition) is 1. The SMILES string of the molecule is CC(C)c1nc(C#N)nc(C(C)C)c1-n1c(=O)nc(N2C[C@@H](C)N(C(=O)O)C[C@@H]2C)c2cc(Cl)c(-c3ccccc3F)nc21. The van der Waals surface area contributed by atoms with E-state index >= 15 is 4.39 Å². The van der Waals surface area contributed by atoms with Crippen molar-refractivity contribution in [2.24, 2.45) is 0 Å². The number of benzene rings is 1. The summed E-state index contributed by atoms with van der Waals surface area (Å²) in [4.78, 5) is 47.6. The van der Waals surface area contributed by atoms with Gasteiger partial charge in [0, 0.05) is 30.7 Å². The van der Waals surface area contributed by atoms with Gasteiger partial charge in [0.1, 0.15) is 17.7 Å². The van der Waals surface area contributed by atoms with E-state index in [1.165, 1.54) is 15.5 Å². The Balaban J connectivity index is 1.90. The number of carbonyl (C=O) groups is 1. The minimum atomic E-state index is -1.03. The molecule has 0 bridgehead atoms. The van der Waals surface area contributed by atoms with Crippen LogP contribution in [-0.2, 0) is 0 Å². The van der Waals surface area contributed by atoms with Gasteiger partial charge in [0.15, 0.2) is 5.65 Å². The van der Waals surface area contributed by atoms with Gasteiger partial charge in [-0.2, -0.15) is 10.2 Å². The molecule has 0 unspecified atom stereocenters. The van der Waals surface area contributed by atoms with E-state index in [9.17, 15) is 20.0 Å². The number of nitriles is 1. The summed E-state index contributed by atoms with van der Waals surface area (Å²) in [5, 5.41) is 19.9. The third kappa shape index (κ3) is 5.32. The van der Waals surface area contributed by atoms with Crippen molar-refractivity contribution in [3.8, 4) is 23.0 Å². The lowest BCUT2D eigenvalue weighted by atomic mass is 10.0. The smallest absolute Gasteiger partial charge is 0.407 e. The van der Waals surface area contributed by atoms with Crippen LogP contribution in [0.4, 0.5) is 15.0 Å². The Bertz CT molecular complexity index is 1860. The predicted molar refractivity (Wildman–Crippen MR) is 165 cm³/mol. The van der Waals surface area contributed by atoms with E-state index in [0.29, 0.717) is 22.5 Å². The average Bonchev–Trinajstić information content (AvgIpc) is 2.97. The van der Waals surface area contributed by atoms with Crippen LogP contribution in [0.1, 0.15) is 70.6 Å². The van der Waals surface area contributed by atoms with Crippen molar-refractivity contribution >= 4 is 34.5 Å². The quantitative estimate of drug-likeness (QED) is 0.297. The van der Waals surface area contributed by atoms with E-state index in [4.69, 9.17) is 16.6 Å². The summed E-state index contributed by atoms with van der Waals surface area (Å²) < 4.78 is 16.4. The first-order valence-corrected chi connectivity index (χ1v) is 14.7. The fraction of sp³-hybridized carbons (Fsp3) is 0.387. The maximum absolute atomic E-state index is 15.1. The first-order chi connectivity index (χ1) is 20.8. The van der Waals surface area contributed by atoms with Gasteiger partial charge in [-0.1, -0.05) is 51.4 Å². The molecule has 1 saturated heterocycles. The second-order valence-electron chi connectivity index (χ2n) is 11.6. The van der Waals surface area contributed by atoms with Gasteiger partial charge in [-0.25, -0.2) is 33.5 Å². The number of amides is 1. The third-order valence-electron chi connectivity index (χ3n) is 7.79. The van der Waals surface area contributed by atoms with Crippen molar-refractivity contribution in [2.45, 2.75) is 65.5 Å². The number of fused-ring (bicyclic) bond motifs is 1. The predicted octanol–water partition coefficient (Wildman–Crippen LogP) is 5.73. The molecule has 5 rings (SSSR count). The number of anilines is 1. The molecule has 0 saturated carbocycles. The molecule has 3 aromatic heterocycles. The molecule has 1 N–H and O–H groups in total. The highest BCUT2D eigenvalue weighted by Crippen LogP contribution is 2.37. The molecule has 4 heterocycles. The number of hydrogen-bond acceptors (Lipinski definition) is 8. The molecule has 11 nitrogen and oxygen atoms in total. The van der Waals surface area contributed by atoms with Gasteiger partial charge in [0.25, 0.3) is 0 Å². The van der Waals surface area contributed by atoms with Crippen LogP contribution < -0.4 is 10.6 Å². The fourth-order valence-corrected chi connectivity index (χ4v) is 5.88. The number of rotatable bonds is 5. The number of nitrogens with zero attached hydrogens (tertiary/aromatic N) is 8. The zero-order valence-corrected chi connectivity index (χ0v) is 26.0. The highest BCUT2D eigenvalue weighted by Gasteiger charge is 2.35. The lowest BCUT2D eigenvalue weighted by Gasteiger charge is -2.43. The Labute approximate surface area is 258 Å². The van der Waals surface area contributed by atoms with Crippen LogP contribution in [0.2, 0.25) is 5.02 Å². The zero-order valence-electron chi connectivity index (χ0n) is 25.2. The highest BCUT2D eigenvalue weighted by atomic mass is 35.5. The lowest BCUT2D eigenvalue weighted by molar-refractivity contribution is 0.114. The van der Waals surface area contributed by atoms with Crippen LogP contribution in [0.25, 0.3) is 28.0 Å². The van der Waals surface area contributed by atoms with Crippen LogP contribution in [0.5, 0.6) is 0 Å². The van der Waals surface area contributed by atoms with Crippen molar-refractivity contribution in [1.29, 1.82) is 5.26 Å². The van der Waals surface area contributed by atoms with Gasteiger partial charge < -0.3 is 14.9 Å². The van der Waals surface area contributed by atoms with Gasteiger partial charge in [0.05, 0.1) is 33.2 Å². The molecule has 0 radical (unpaired) electrons. The number of carboxylic acid groups (broad SMARTS) is 1. The van der Waals surface area contributed by atoms with Crippen molar-refractivity contribution in [1.82, 2.24) is 29.4 Å². The van der Waals surface area contributed by atoms with E-state index in [1.807, 2.05) is 45.6 Å². The summed E-state index contributed by atoms with van der Waals surface area (Å²) in [5.74, 6) is -0.716. The molecule has 1 aliphatic rings. The summed E-state index contributed by atoms with van der Waals surface area (Å²) in [5.41, 5.74) is 1.03. The van der Waals surface area contributed by atoms with Gasteiger partial charge in [0.2, 0.25) is 5.82 Å². The molecule has 0 spiro atoms. The van der Waals surface area contributed by atoms with Gasteiger partial charge in [-0.15, -0.1) is 0 Å². The number of halogens is 2. The summed E-state index contributed by atoms with van der Waals surface area (Å²) in [6, 6.07) is 8.97. The van der Waals surface area contributed by atoms with Crippen LogP contribution >= 0.6 is 11.6 Å². The topological polar surface area (TPSA) is 141 Å². The van der Waals surface area contributed by atoms with Crippen molar-refractivity contribution in [2.75, 3.05) is 18.0 Å². The molecule has 4 aromatic rings. The van der Waals surface area contributed by atoms with Crippen molar-refractivity contribution in [3.63, 3.8) is 0 Å². The normalized spacial score (nSPS) is 17.0. The minimum absolute atomic E-state index is 0.0229. The van der Waals surface area contributed by atoms with Crippen molar-refractivity contribution in [3.05, 3.63) is 68.9 Å². The Kier molecular flexibility index (Phi) is 8.27. The zero-order chi connectivity index (χ0) is 32.0. The average molecular weight is 619 g/mol. The van der Waals surface area contributed by atoms with Gasteiger partial charge in [-0.3, -0.25) is 0 Å². The molecule has 1 aromatic carbocycles. The molecule has 44 heavy (non-hydrogen) atoms. The third-order valence-corrected chi connectivity index (χ3v) is 8.08. The van der Waals surface area contributed by atoms with E-state index in [0.717, 1.165) is 0 Å². The standard InChI is InChI=1S/C31H32ClFN8O3/c1-15(2)24-27(25(16(3)4)36-23(12-34)35-24)41-29-20(11-21(32)26(37-29)19-9-7-8-10-22(19)33)28(38-30(41)42)39-13-18(6)40(31(43)44)14-17(39)5/h7-11,15-18H,13-14H2,1-6H3,(H,43,44)/t17-,18+/m0/s1. The van der Waals surface area contributed by atoms with Crippen LogP contribution in [0, 0.1) is 17.1 Å². The molecule has 1 fully saturated rings. The number of pyridine rings is 1. The first kappa shape index (κ1) is 30.8. The molecule has 0 aliphatic carbocycles. The van der Waals surface area contributed by atoms with Crippen molar-refractivity contribution < 1.29 is 14.3 Å². The number of piperazine rings is 1. The largest absolute Gasteiger partial charge is 0.465 e. The lowest BCUT2D eigenvalue weighted by Crippen LogP contribution is -2.58. The highest BCUT2D eigenvalue weighted by molar-refractivity contribution is 6.33. The van der Waals surface area contributed by atoms with E-state index in [-0.39, 0.29) is 64.5 Å². The molecule has 1 aliphatic heterocycles. The maximum atomic E-state index is 15.1. The monoisotopic (exact) mass is 618 g/mol. The fourth-order valence-electron chi connectivity index (χ4n) is 5.63. The van der Waals surface area contributed by atoms with E-state index in [1.54, 1.807) is 31.2 Å². The second-order valence-corrected chi connectivity index (χ2v) is 12.0. The van der Waals surface area contributed by atoms with E-state index in [2.05, 4.69) is 15.0 Å². The van der Waals surface area contributed by atoms with Gasteiger partial charge in [-0.05, 0) is 43.9 Å². The Morgan fingerprint density at radius 3 is 2.25 bits per heavy atom. The Morgan fingerprint density at radius 2 is 1.68 bits per heavy atom. The van der Waals surface area contributed by atoms with Crippen LogP contribution in [0.3, 0.4) is 0 Å². The van der Waals surface area contributed by atoms with Crippen LogP contribution in [-0.4, -0.2) is 65.8 Å². The maximum Gasteiger partial charge on any atom is 0.407 e. The molecule has 13 heteroatoms. The summed E-state index contributed by atoms with van der Waals surface area (Å²) in [7, 11) is 0. The molecular weight excluding hydrogens is 587 g/mol. The summed E-state index contributed by atoms with van der Waals surface area (Å²) >= 11 is 6.78. The summed E-state index contributed by atoms with van der Waals surface area (Å²) in [6.07, 6.45) is -1.03. The molecule has 1 amide bonds. The molecule has 2 atom stereocenters. The summed E-state index contributed by atoms with van der Waals surface area (Å²) in [6.45, 7) is 11.7.